The van der Waals surface area contributed by atoms with E-state index in [0.29, 0.717) is 24.5 Å². The second kappa shape index (κ2) is 8.22. The molecular formula is C22H22F2N4O2. The van der Waals surface area contributed by atoms with Gasteiger partial charge in [-0.05, 0) is 50.5 Å². The molecule has 2 amide bonds. The van der Waals surface area contributed by atoms with E-state index in [1.54, 1.807) is 29.3 Å². The summed E-state index contributed by atoms with van der Waals surface area (Å²) in [6.45, 7) is 4.77. The van der Waals surface area contributed by atoms with E-state index in [0.717, 1.165) is 35.9 Å². The average molecular weight is 412 g/mol. The Labute approximate surface area is 172 Å². The lowest BCUT2D eigenvalue weighted by Gasteiger charge is -2.31. The van der Waals surface area contributed by atoms with Crippen LogP contribution in [0.4, 0.5) is 19.5 Å². The molecule has 156 valence electrons. The number of anilines is 1. The number of carbonyl (C=O) groups is 1. The van der Waals surface area contributed by atoms with Crippen molar-refractivity contribution in [2.75, 3.05) is 18.4 Å². The highest BCUT2D eigenvalue weighted by Gasteiger charge is 2.26. The summed E-state index contributed by atoms with van der Waals surface area (Å²) in [7, 11) is 0. The van der Waals surface area contributed by atoms with Crippen molar-refractivity contribution in [3.05, 3.63) is 65.1 Å². The average Bonchev–Trinajstić information content (AvgIpc) is 3.08. The van der Waals surface area contributed by atoms with Crippen LogP contribution in [-0.2, 0) is 0 Å². The summed E-state index contributed by atoms with van der Waals surface area (Å²) in [5, 5.41) is 6.61. The third-order valence-corrected chi connectivity index (χ3v) is 5.62. The van der Waals surface area contributed by atoms with Gasteiger partial charge in [0.1, 0.15) is 0 Å². The lowest BCUT2D eigenvalue weighted by molar-refractivity contribution is 0.193. The molecular weight excluding hydrogens is 390 g/mol. The Balaban J connectivity index is 1.42. The van der Waals surface area contributed by atoms with Crippen molar-refractivity contribution in [1.82, 2.24) is 15.0 Å². The predicted octanol–water partition coefficient (Wildman–Crippen LogP) is 5.04. The fraction of sp³-hybridized carbons (Fsp3) is 0.318. The number of rotatable bonds is 3. The highest BCUT2D eigenvalue weighted by molar-refractivity contribution is 5.88. The second-order valence-corrected chi connectivity index (χ2v) is 7.48. The highest BCUT2D eigenvalue weighted by atomic mass is 19.2. The van der Waals surface area contributed by atoms with Gasteiger partial charge in [-0.3, -0.25) is 10.3 Å². The Bertz CT molecular complexity index is 1070. The van der Waals surface area contributed by atoms with Gasteiger partial charge in [-0.2, -0.15) is 0 Å². The number of piperidine rings is 1. The van der Waals surface area contributed by atoms with E-state index in [1.807, 2.05) is 13.8 Å². The Morgan fingerprint density at radius 1 is 1.20 bits per heavy atom. The summed E-state index contributed by atoms with van der Waals surface area (Å²) in [6.07, 6.45) is 3.07. The molecule has 1 aliphatic heterocycles. The van der Waals surface area contributed by atoms with Gasteiger partial charge in [-0.15, -0.1) is 0 Å². The number of hydrogen-bond donors (Lipinski definition) is 1. The van der Waals surface area contributed by atoms with E-state index in [9.17, 15) is 13.6 Å². The first-order valence-corrected chi connectivity index (χ1v) is 9.83. The summed E-state index contributed by atoms with van der Waals surface area (Å²) < 4.78 is 32.9. The van der Waals surface area contributed by atoms with Gasteiger partial charge in [0.2, 0.25) is 5.88 Å². The molecule has 0 atom stereocenters. The number of benzene rings is 1. The number of nitrogens with one attached hydrogen (secondary N) is 1. The monoisotopic (exact) mass is 412 g/mol. The molecule has 0 unspecified atom stereocenters. The fourth-order valence-corrected chi connectivity index (χ4v) is 3.65. The van der Waals surface area contributed by atoms with Crippen LogP contribution in [0.3, 0.4) is 0 Å². The minimum atomic E-state index is -0.873. The van der Waals surface area contributed by atoms with E-state index in [1.165, 1.54) is 6.07 Å². The molecule has 2 aromatic heterocycles. The van der Waals surface area contributed by atoms with Gasteiger partial charge in [0.15, 0.2) is 11.6 Å². The molecule has 30 heavy (non-hydrogen) atoms. The minimum absolute atomic E-state index is 0.139. The number of amides is 2. The van der Waals surface area contributed by atoms with Gasteiger partial charge in [0.25, 0.3) is 0 Å². The molecule has 8 heteroatoms. The zero-order valence-electron chi connectivity index (χ0n) is 16.8. The molecule has 0 saturated carbocycles. The Morgan fingerprint density at radius 3 is 2.67 bits per heavy atom. The predicted molar refractivity (Wildman–Crippen MR) is 108 cm³/mol. The molecule has 3 aromatic rings. The largest absolute Gasteiger partial charge is 0.338 e. The van der Waals surface area contributed by atoms with Crippen molar-refractivity contribution in [3.8, 4) is 11.1 Å². The number of pyridine rings is 1. The van der Waals surface area contributed by atoms with Crippen molar-refractivity contribution in [2.24, 2.45) is 0 Å². The lowest BCUT2D eigenvalue weighted by atomic mass is 9.91. The van der Waals surface area contributed by atoms with E-state index in [2.05, 4.69) is 15.5 Å². The van der Waals surface area contributed by atoms with Crippen LogP contribution in [0.1, 0.15) is 35.7 Å². The topological polar surface area (TPSA) is 71.3 Å². The van der Waals surface area contributed by atoms with Crippen molar-refractivity contribution in [1.29, 1.82) is 0 Å². The van der Waals surface area contributed by atoms with Crippen LogP contribution in [0.2, 0.25) is 0 Å². The molecule has 1 aliphatic rings. The Hall–Kier alpha value is -3.29. The molecule has 0 bridgehead atoms. The Kier molecular flexibility index (Phi) is 5.48. The molecule has 1 N–H and O–H groups in total. The third-order valence-electron chi connectivity index (χ3n) is 5.62. The van der Waals surface area contributed by atoms with E-state index < -0.39 is 11.6 Å². The first-order chi connectivity index (χ1) is 14.4. The second-order valence-electron chi connectivity index (χ2n) is 7.48. The van der Waals surface area contributed by atoms with Crippen molar-refractivity contribution < 1.29 is 18.1 Å². The molecule has 1 saturated heterocycles. The maximum atomic E-state index is 14.2. The molecule has 3 heterocycles. The van der Waals surface area contributed by atoms with Crippen molar-refractivity contribution >= 4 is 11.9 Å². The SMILES string of the molecule is Cc1noc(NC(=O)N2CCC(c3cc(-c4cccc(F)c4F)ccn3)CC2)c1C. The van der Waals surface area contributed by atoms with Gasteiger partial charge < -0.3 is 9.42 Å². The van der Waals surface area contributed by atoms with Crippen LogP contribution in [0.5, 0.6) is 0 Å². The summed E-state index contributed by atoms with van der Waals surface area (Å²) >= 11 is 0. The Morgan fingerprint density at radius 2 is 1.97 bits per heavy atom. The molecule has 1 fully saturated rings. The van der Waals surface area contributed by atoms with Gasteiger partial charge in [-0.25, -0.2) is 13.6 Å². The number of nitrogens with zero attached hydrogens (tertiary/aromatic N) is 3. The number of hydrogen-bond acceptors (Lipinski definition) is 4. The quantitative estimate of drug-likeness (QED) is 0.654. The molecule has 0 radical (unpaired) electrons. The molecule has 6 nitrogen and oxygen atoms in total. The number of aromatic nitrogens is 2. The highest BCUT2D eigenvalue weighted by Crippen LogP contribution is 2.31. The van der Waals surface area contributed by atoms with Gasteiger partial charge >= 0.3 is 6.03 Å². The van der Waals surface area contributed by atoms with Crippen molar-refractivity contribution in [3.63, 3.8) is 0 Å². The summed E-state index contributed by atoms with van der Waals surface area (Å²) in [4.78, 5) is 18.7. The normalized spacial score (nSPS) is 14.7. The first kappa shape index (κ1) is 20.0. The maximum Gasteiger partial charge on any atom is 0.324 e. The van der Waals surface area contributed by atoms with Crippen molar-refractivity contribution in [2.45, 2.75) is 32.6 Å². The summed E-state index contributed by atoms with van der Waals surface area (Å²) in [5.74, 6) is -1.23. The van der Waals surface area contributed by atoms with E-state index >= 15 is 0 Å². The standard InChI is InChI=1S/C22H22F2N4O2/c1-13-14(2)27-30-21(13)26-22(29)28-10-7-15(8-11-28)19-12-16(6-9-25-19)17-4-3-5-18(23)20(17)24/h3-6,9,12,15H,7-8,10-11H2,1-2H3,(H,26,29). The molecule has 1 aromatic carbocycles. The summed E-state index contributed by atoms with van der Waals surface area (Å²) in [6, 6.07) is 7.39. The van der Waals surface area contributed by atoms with Crippen LogP contribution in [0.25, 0.3) is 11.1 Å². The molecule has 0 aliphatic carbocycles. The zero-order chi connectivity index (χ0) is 21.3. The minimum Gasteiger partial charge on any atom is -0.338 e. The van der Waals surface area contributed by atoms with Gasteiger partial charge in [0.05, 0.1) is 5.69 Å². The lowest BCUT2D eigenvalue weighted by Crippen LogP contribution is -2.40. The number of carbonyl (C=O) groups excluding carboxylic acids is 1. The number of likely N-dealkylation sites (tertiary alicyclic amines) is 1. The van der Waals surface area contributed by atoms with Crippen LogP contribution in [-0.4, -0.2) is 34.2 Å². The van der Waals surface area contributed by atoms with E-state index in [4.69, 9.17) is 4.52 Å². The fourth-order valence-electron chi connectivity index (χ4n) is 3.65. The van der Waals surface area contributed by atoms with Crippen LogP contribution >= 0.6 is 0 Å². The van der Waals surface area contributed by atoms with Crippen LogP contribution < -0.4 is 5.32 Å². The molecule has 4 rings (SSSR count). The smallest absolute Gasteiger partial charge is 0.324 e. The third kappa shape index (κ3) is 3.90. The number of urea groups is 1. The number of halogens is 2. The van der Waals surface area contributed by atoms with Crippen LogP contribution in [0, 0.1) is 25.5 Å². The maximum absolute atomic E-state index is 14.2. The van der Waals surface area contributed by atoms with Crippen LogP contribution in [0.15, 0.2) is 41.1 Å². The summed E-state index contributed by atoms with van der Waals surface area (Å²) in [5.41, 5.74) is 3.17. The number of aryl methyl sites for hydroxylation is 1. The van der Waals surface area contributed by atoms with Gasteiger partial charge in [0, 0.05) is 42.0 Å². The zero-order valence-corrected chi connectivity index (χ0v) is 16.8. The first-order valence-electron chi connectivity index (χ1n) is 9.83. The van der Waals surface area contributed by atoms with E-state index in [-0.39, 0.29) is 17.5 Å². The van der Waals surface area contributed by atoms with Gasteiger partial charge in [-0.1, -0.05) is 17.3 Å². The molecule has 0 spiro atoms.